The number of hydrogen-bond donors (Lipinski definition) is 1. The van der Waals surface area contributed by atoms with E-state index in [1.165, 1.54) is 17.0 Å². The van der Waals surface area contributed by atoms with Crippen molar-refractivity contribution in [1.29, 1.82) is 0 Å². The van der Waals surface area contributed by atoms with Crippen LogP contribution in [0.2, 0.25) is 5.02 Å². The summed E-state index contributed by atoms with van der Waals surface area (Å²) in [5, 5.41) is 10.6. The number of nitro groups is 1. The minimum Gasteiger partial charge on any atom is -0.338 e. The van der Waals surface area contributed by atoms with Gasteiger partial charge in [0.05, 0.1) is 15.5 Å². The smallest absolute Gasteiger partial charge is 0.270 e. The Morgan fingerprint density at radius 3 is 2.67 bits per heavy atom. The van der Waals surface area contributed by atoms with Crippen LogP contribution in [0.5, 0.6) is 0 Å². The van der Waals surface area contributed by atoms with Crippen LogP contribution in [0, 0.1) is 10.1 Å². The molecule has 0 aliphatic heterocycles. The van der Waals surface area contributed by atoms with Crippen molar-refractivity contribution in [2.24, 2.45) is 5.73 Å². The molecule has 98 valence electrons. The zero-order valence-electron chi connectivity index (χ0n) is 10.1. The topological polar surface area (TPSA) is 89.5 Å². The van der Waals surface area contributed by atoms with E-state index < -0.39 is 4.92 Å². The van der Waals surface area contributed by atoms with Crippen LogP contribution in [0.15, 0.2) is 18.2 Å². The van der Waals surface area contributed by atoms with Crippen LogP contribution in [0.3, 0.4) is 0 Å². The summed E-state index contributed by atoms with van der Waals surface area (Å²) in [6.07, 6.45) is 0. The van der Waals surface area contributed by atoms with Crippen LogP contribution in [0.25, 0.3) is 0 Å². The Hall–Kier alpha value is -1.66. The van der Waals surface area contributed by atoms with E-state index in [1.54, 1.807) is 14.0 Å². The van der Waals surface area contributed by atoms with Gasteiger partial charge in [0.1, 0.15) is 0 Å². The lowest BCUT2D eigenvalue weighted by Gasteiger charge is -2.24. The van der Waals surface area contributed by atoms with E-state index in [1.807, 2.05) is 0 Å². The third kappa shape index (κ3) is 2.96. The number of likely N-dealkylation sites (N-methyl/N-ethyl adjacent to an activating group) is 1. The second-order valence-electron chi connectivity index (χ2n) is 3.92. The van der Waals surface area contributed by atoms with Crippen molar-refractivity contribution < 1.29 is 9.72 Å². The van der Waals surface area contributed by atoms with Crippen LogP contribution >= 0.6 is 11.6 Å². The van der Waals surface area contributed by atoms with Crippen LogP contribution in [-0.2, 0) is 0 Å². The summed E-state index contributed by atoms with van der Waals surface area (Å²) < 4.78 is 0. The minimum absolute atomic E-state index is 0.0604. The number of non-ortho nitro benzene ring substituents is 1. The Balaban J connectivity index is 3.04. The summed E-state index contributed by atoms with van der Waals surface area (Å²) in [5.41, 5.74) is 5.55. The van der Waals surface area contributed by atoms with Gasteiger partial charge >= 0.3 is 0 Å². The molecule has 0 aromatic heterocycles. The molecule has 0 spiro atoms. The Kier molecular flexibility index (Phi) is 4.63. The number of halogens is 1. The molecule has 0 aliphatic rings. The highest BCUT2D eigenvalue weighted by Gasteiger charge is 2.20. The quantitative estimate of drug-likeness (QED) is 0.666. The third-order valence-corrected chi connectivity index (χ3v) is 3.03. The van der Waals surface area contributed by atoms with E-state index in [2.05, 4.69) is 0 Å². The summed E-state index contributed by atoms with van der Waals surface area (Å²) >= 11 is 5.88. The fraction of sp³-hybridized carbons (Fsp3) is 0.364. The normalized spacial score (nSPS) is 12.0. The molecule has 0 fully saturated rings. The predicted molar refractivity (Wildman–Crippen MR) is 68.7 cm³/mol. The highest BCUT2D eigenvalue weighted by Crippen LogP contribution is 2.23. The lowest BCUT2D eigenvalue weighted by atomic mass is 10.1. The number of rotatable bonds is 4. The van der Waals surface area contributed by atoms with Crippen molar-refractivity contribution in [3.63, 3.8) is 0 Å². The monoisotopic (exact) mass is 271 g/mol. The molecular formula is C11H14ClN3O3. The molecule has 18 heavy (non-hydrogen) atoms. The number of hydrogen-bond acceptors (Lipinski definition) is 4. The molecule has 0 aliphatic carbocycles. The molecule has 1 amide bonds. The van der Waals surface area contributed by atoms with Crippen LogP contribution in [0.1, 0.15) is 17.3 Å². The minimum atomic E-state index is -0.563. The molecule has 0 heterocycles. The number of carbonyl (C=O) groups is 1. The van der Waals surface area contributed by atoms with Crippen molar-refractivity contribution in [2.75, 3.05) is 13.6 Å². The average molecular weight is 272 g/mol. The molecule has 7 heteroatoms. The first-order chi connectivity index (χ1) is 8.38. The second-order valence-corrected chi connectivity index (χ2v) is 4.33. The van der Waals surface area contributed by atoms with Gasteiger partial charge in [-0.15, -0.1) is 0 Å². The van der Waals surface area contributed by atoms with E-state index in [4.69, 9.17) is 17.3 Å². The standard InChI is InChI=1S/C11H14ClN3O3/c1-7(6-13)14(2)11(16)9-4-3-8(15(17)18)5-10(9)12/h3-5,7H,6,13H2,1-2H3. The first-order valence-electron chi connectivity index (χ1n) is 5.29. The molecule has 1 aromatic rings. The molecule has 1 aromatic carbocycles. The third-order valence-electron chi connectivity index (χ3n) is 2.72. The van der Waals surface area contributed by atoms with Crippen LogP contribution in [-0.4, -0.2) is 35.4 Å². The Morgan fingerprint density at radius 2 is 2.22 bits per heavy atom. The van der Waals surface area contributed by atoms with Gasteiger partial charge in [0, 0.05) is 31.8 Å². The maximum absolute atomic E-state index is 12.1. The number of nitrogens with two attached hydrogens (primary N) is 1. The summed E-state index contributed by atoms with van der Waals surface area (Å²) in [4.78, 5) is 23.5. The van der Waals surface area contributed by atoms with Gasteiger partial charge in [-0.3, -0.25) is 14.9 Å². The zero-order chi connectivity index (χ0) is 13.9. The van der Waals surface area contributed by atoms with Gasteiger partial charge in [0.15, 0.2) is 0 Å². The molecular weight excluding hydrogens is 258 g/mol. The van der Waals surface area contributed by atoms with E-state index >= 15 is 0 Å². The number of carbonyl (C=O) groups excluding carboxylic acids is 1. The Bertz CT molecular complexity index is 479. The first kappa shape index (κ1) is 14.4. The fourth-order valence-corrected chi connectivity index (χ4v) is 1.59. The second kappa shape index (κ2) is 5.79. The fourth-order valence-electron chi connectivity index (χ4n) is 1.34. The summed E-state index contributed by atoms with van der Waals surface area (Å²) in [6.45, 7) is 2.13. The average Bonchev–Trinajstić information content (AvgIpc) is 2.35. The van der Waals surface area contributed by atoms with Crippen molar-refractivity contribution in [2.45, 2.75) is 13.0 Å². The highest BCUT2D eigenvalue weighted by atomic mass is 35.5. The van der Waals surface area contributed by atoms with Gasteiger partial charge in [-0.1, -0.05) is 11.6 Å². The largest absolute Gasteiger partial charge is 0.338 e. The molecule has 1 atom stereocenters. The molecule has 2 N–H and O–H groups in total. The van der Waals surface area contributed by atoms with E-state index in [0.29, 0.717) is 6.54 Å². The molecule has 1 unspecified atom stereocenters. The zero-order valence-corrected chi connectivity index (χ0v) is 10.8. The van der Waals surface area contributed by atoms with E-state index in [0.717, 1.165) is 6.07 Å². The van der Waals surface area contributed by atoms with Crippen LogP contribution in [0.4, 0.5) is 5.69 Å². The number of nitro benzene ring substituents is 1. The number of nitrogens with zero attached hydrogens (tertiary/aromatic N) is 2. The lowest BCUT2D eigenvalue weighted by Crippen LogP contribution is -2.39. The molecule has 0 saturated carbocycles. The molecule has 0 bridgehead atoms. The van der Waals surface area contributed by atoms with Gasteiger partial charge in [-0.2, -0.15) is 0 Å². The van der Waals surface area contributed by atoms with Gasteiger partial charge in [0.2, 0.25) is 0 Å². The first-order valence-corrected chi connectivity index (χ1v) is 5.67. The number of amides is 1. The van der Waals surface area contributed by atoms with E-state index in [9.17, 15) is 14.9 Å². The van der Waals surface area contributed by atoms with Gasteiger partial charge in [-0.25, -0.2) is 0 Å². The Labute approximate surface area is 109 Å². The molecule has 0 radical (unpaired) electrons. The predicted octanol–water partition coefficient (Wildman–Crippen LogP) is 1.67. The highest BCUT2D eigenvalue weighted by molar-refractivity contribution is 6.34. The SMILES string of the molecule is CC(CN)N(C)C(=O)c1ccc([N+](=O)[O-])cc1Cl. The van der Waals surface area contributed by atoms with Crippen molar-refractivity contribution in [3.05, 3.63) is 38.9 Å². The summed E-state index contributed by atoms with van der Waals surface area (Å²) in [6, 6.07) is 3.63. The van der Waals surface area contributed by atoms with Gasteiger partial charge < -0.3 is 10.6 Å². The van der Waals surface area contributed by atoms with Crippen molar-refractivity contribution in [1.82, 2.24) is 4.90 Å². The molecule has 0 saturated heterocycles. The lowest BCUT2D eigenvalue weighted by molar-refractivity contribution is -0.384. The molecule has 6 nitrogen and oxygen atoms in total. The maximum atomic E-state index is 12.1. The van der Waals surface area contributed by atoms with Crippen molar-refractivity contribution in [3.8, 4) is 0 Å². The van der Waals surface area contributed by atoms with Crippen molar-refractivity contribution >= 4 is 23.2 Å². The van der Waals surface area contributed by atoms with Gasteiger partial charge in [0.25, 0.3) is 11.6 Å². The van der Waals surface area contributed by atoms with Gasteiger partial charge in [-0.05, 0) is 13.0 Å². The maximum Gasteiger partial charge on any atom is 0.270 e. The molecule has 1 rings (SSSR count). The number of benzene rings is 1. The van der Waals surface area contributed by atoms with E-state index in [-0.39, 0.29) is 28.2 Å². The van der Waals surface area contributed by atoms with Crippen LogP contribution < -0.4 is 5.73 Å². The summed E-state index contributed by atoms with van der Waals surface area (Å²) in [5.74, 6) is -0.312. The summed E-state index contributed by atoms with van der Waals surface area (Å²) in [7, 11) is 1.61. The Morgan fingerprint density at radius 1 is 1.61 bits per heavy atom.